The molecule has 0 atom stereocenters. The molecule has 2 amide bonds. The summed E-state index contributed by atoms with van der Waals surface area (Å²) in [7, 11) is 0. The number of allylic oxidation sites excluding steroid dienone is 4. The van der Waals surface area contributed by atoms with Crippen molar-refractivity contribution in [3.63, 3.8) is 0 Å². The van der Waals surface area contributed by atoms with Gasteiger partial charge in [-0.15, -0.1) is 0 Å². The fourth-order valence-corrected chi connectivity index (χ4v) is 0.907. The molecule has 0 saturated carbocycles. The normalized spacial score (nSPS) is 11.2. The first kappa shape index (κ1) is 14.1. The van der Waals surface area contributed by atoms with Crippen LogP contribution in [0, 0.1) is 0 Å². The number of aliphatic hydroxyl groups excluding tert-OH is 1. The molecule has 0 fully saturated rings. The Morgan fingerprint density at radius 3 is 2.38 bits per heavy atom. The van der Waals surface area contributed by atoms with Gasteiger partial charge in [0.25, 0.3) is 11.8 Å². The molecule has 16 heavy (non-hydrogen) atoms. The zero-order valence-electron chi connectivity index (χ0n) is 9.22. The van der Waals surface area contributed by atoms with Crippen LogP contribution in [0.1, 0.15) is 6.92 Å². The molecule has 0 aromatic carbocycles. The lowest BCUT2D eigenvalue weighted by atomic mass is 10.2. The van der Waals surface area contributed by atoms with Crippen LogP contribution in [0.4, 0.5) is 0 Å². The van der Waals surface area contributed by atoms with Gasteiger partial charge < -0.3 is 5.11 Å². The van der Waals surface area contributed by atoms with Crippen LogP contribution in [-0.2, 0) is 9.59 Å². The molecular formula is C12H15NO3. The minimum Gasteiger partial charge on any atom is -0.376 e. The van der Waals surface area contributed by atoms with Crippen LogP contribution in [0.2, 0.25) is 0 Å². The Bertz CT molecular complexity index is 353. The fraction of sp³-hybridized carbons (Fsp3) is 0.167. The number of imide groups is 1. The van der Waals surface area contributed by atoms with Crippen molar-refractivity contribution in [3.8, 4) is 0 Å². The van der Waals surface area contributed by atoms with Crippen LogP contribution in [0.5, 0.6) is 0 Å². The van der Waals surface area contributed by atoms with Crippen LogP contribution >= 0.6 is 0 Å². The van der Waals surface area contributed by atoms with Gasteiger partial charge in [0, 0.05) is 5.57 Å². The predicted molar refractivity (Wildman–Crippen MR) is 62.2 cm³/mol. The summed E-state index contributed by atoms with van der Waals surface area (Å²) < 4.78 is 0. The number of hydrogen-bond donors (Lipinski definition) is 1. The van der Waals surface area contributed by atoms with Gasteiger partial charge in [0.15, 0.2) is 0 Å². The van der Waals surface area contributed by atoms with E-state index in [9.17, 15) is 9.59 Å². The quantitative estimate of drug-likeness (QED) is 0.430. The number of carbonyl (C=O) groups excluding carboxylic acids is 2. The molecule has 0 rings (SSSR count). The number of hydrogen-bond acceptors (Lipinski definition) is 3. The molecule has 86 valence electrons. The van der Waals surface area contributed by atoms with Crippen LogP contribution in [0.3, 0.4) is 0 Å². The Hall–Kier alpha value is -1.94. The van der Waals surface area contributed by atoms with E-state index in [0.717, 1.165) is 6.08 Å². The third-order valence-electron chi connectivity index (χ3n) is 1.76. The summed E-state index contributed by atoms with van der Waals surface area (Å²) in [4.78, 5) is 23.5. The lowest BCUT2D eigenvalue weighted by Gasteiger charge is -2.15. The Morgan fingerprint density at radius 1 is 1.31 bits per heavy atom. The largest absolute Gasteiger partial charge is 0.376 e. The lowest BCUT2D eigenvalue weighted by molar-refractivity contribution is -0.143. The molecule has 0 heterocycles. The zero-order chi connectivity index (χ0) is 12.6. The summed E-state index contributed by atoms with van der Waals surface area (Å²) in [6.45, 7) is 7.61. The molecule has 1 N–H and O–H groups in total. The van der Waals surface area contributed by atoms with Gasteiger partial charge in [-0.05, 0) is 13.0 Å². The summed E-state index contributed by atoms with van der Waals surface area (Å²) in [5, 5.41) is 8.89. The van der Waals surface area contributed by atoms with Crippen molar-refractivity contribution in [2.24, 2.45) is 0 Å². The second-order valence-electron chi connectivity index (χ2n) is 2.89. The Kier molecular flexibility index (Phi) is 6.47. The van der Waals surface area contributed by atoms with Gasteiger partial charge >= 0.3 is 0 Å². The summed E-state index contributed by atoms with van der Waals surface area (Å²) in [6, 6.07) is 0. The van der Waals surface area contributed by atoms with Crippen LogP contribution in [0.25, 0.3) is 0 Å². The van der Waals surface area contributed by atoms with E-state index in [1.165, 1.54) is 6.08 Å². The van der Waals surface area contributed by atoms with Crippen molar-refractivity contribution < 1.29 is 14.7 Å². The summed E-state index contributed by atoms with van der Waals surface area (Å²) in [6.07, 6.45) is 7.33. The average Bonchev–Trinajstić information content (AvgIpc) is 2.29. The summed E-state index contributed by atoms with van der Waals surface area (Å²) in [5.41, 5.74) is 0.336. The fourth-order valence-electron chi connectivity index (χ4n) is 0.907. The zero-order valence-corrected chi connectivity index (χ0v) is 9.22. The highest BCUT2D eigenvalue weighted by atomic mass is 16.3. The lowest BCUT2D eigenvalue weighted by Crippen LogP contribution is -2.36. The minimum atomic E-state index is -0.667. The van der Waals surface area contributed by atoms with Gasteiger partial charge in [0.2, 0.25) is 0 Å². The van der Waals surface area contributed by atoms with E-state index < -0.39 is 18.5 Å². The minimum absolute atomic E-state index is 0.336. The molecule has 0 saturated heterocycles. The third kappa shape index (κ3) is 4.06. The molecule has 0 radical (unpaired) electrons. The number of amides is 2. The van der Waals surface area contributed by atoms with E-state index in [4.69, 9.17) is 5.11 Å². The second-order valence-corrected chi connectivity index (χ2v) is 2.89. The molecule has 0 spiro atoms. The molecule has 0 aliphatic heterocycles. The average molecular weight is 221 g/mol. The molecule has 4 heteroatoms. The maximum Gasteiger partial charge on any atom is 0.258 e. The van der Waals surface area contributed by atoms with Crippen LogP contribution in [-0.4, -0.2) is 28.6 Å². The van der Waals surface area contributed by atoms with Gasteiger partial charge in [0.05, 0.1) is 0 Å². The number of carbonyl (C=O) groups is 2. The van der Waals surface area contributed by atoms with Crippen molar-refractivity contribution >= 4 is 11.8 Å². The van der Waals surface area contributed by atoms with Gasteiger partial charge in [-0.2, -0.15) is 0 Å². The highest BCUT2D eigenvalue weighted by molar-refractivity contribution is 6.07. The van der Waals surface area contributed by atoms with E-state index >= 15 is 0 Å². The van der Waals surface area contributed by atoms with Crippen molar-refractivity contribution in [1.82, 2.24) is 4.90 Å². The third-order valence-corrected chi connectivity index (χ3v) is 1.76. The van der Waals surface area contributed by atoms with Gasteiger partial charge in [-0.25, -0.2) is 0 Å². The number of nitrogens with zero attached hydrogens (tertiary/aromatic N) is 1. The van der Waals surface area contributed by atoms with Crippen LogP contribution < -0.4 is 0 Å². The number of rotatable bonds is 5. The van der Waals surface area contributed by atoms with E-state index in [-0.39, 0.29) is 0 Å². The Balaban J connectivity index is 4.81. The molecule has 0 unspecified atom stereocenters. The van der Waals surface area contributed by atoms with Crippen molar-refractivity contribution in [2.45, 2.75) is 6.92 Å². The maximum absolute atomic E-state index is 11.6. The molecule has 0 bridgehead atoms. The standard InChI is InChI=1S/C12H15NO3/c1-4-6-7-8-10(3)12(16)13(9-14)11(15)5-2/h4-8,14H,1-2,9H2,3H3. The highest BCUT2D eigenvalue weighted by Gasteiger charge is 2.18. The van der Waals surface area contributed by atoms with E-state index in [1.807, 2.05) is 0 Å². The molecular weight excluding hydrogens is 206 g/mol. The van der Waals surface area contributed by atoms with E-state index in [1.54, 1.807) is 25.2 Å². The SMILES string of the molecule is C=CC=CC=C(C)C(=O)N(CO)C(=O)C=C. The first-order valence-electron chi connectivity index (χ1n) is 4.63. The second kappa shape index (κ2) is 7.36. The first-order chi connectivity index (χ1) is 7.58. The number of aliphatic hydroxyl groups is 1. The van der Waals surface area contributed by atoms with Crippen molar-refractivity contribution in [2.75, 3.05) is 6.73 Å². The molecule has 0 aromatic heterocycles. The topological polar surface area (TPSA) is 57.6 Å². The van der Waals surface area contributed by atoms with E-state index in [0.29, 0.717) is 10.5 Å². The van der Waals surface area contributed by atoms with E-state index in [2.05, 4.69) is 13.2 Å². The highest BCUT2D eigenvalue weighted by Crippen LogP contribution is 2.02. The smallest absolute Gasteiger partial charge is 0.258 e. The van der Waals surface area contributed by atoms with Gasteiger partial charge in [0.1, 0.15) is 6.73 Å². The van der Waals surface area contributed by atoms with Gasteiger partial charge in [-0.1, -0.05) is 37.5 Å². The molecule has 0 aliphatic rings. The van der Waals surface area contributed by atoms with Crippen LogP contribution in [0.15, 0.2) is 49.1 Å². The van der Waals surface area contributed by atoms with Gasteiger partial charge in [-0.3, -0.25) is 14.5 Å². The molecule has 4 nitrogen and oxygen atoms in total. The van der Waals surface area contributed by atoms with Crippen molar-refractivity contribution in [1.29, 1.82) is 0 Å². The molecule has 0 aliphatic carbocycles. The maximum atomic E-state index is 11.6. The summed E-state index contributed by atoms with van der Waals surface area (Å²) in [5.74, 6) is -1.19. The Morgan fingerprint density at radius 2 is 1.94 bits per heavy atom. The molecule has 0 aromatic rings. The van der Waals surface area contributed by atoms with Crippen molar-refractivity contribution in [3.05, 3.63) is 49.1 Å². The predicted octanol–water partition coefficient (Wildman–Crippen LogP) is 1.17. The summed E-state index contributed by atoms with van der Waals surface area (Å²) >= 11 is 0. The Labute approximate surface area is 94.9 Å². The monoisotopic (exact) mass is 221 g/mol. The first-order valence-corrected chi connectivity index (χ1v) is 4.63.